The maximum Gasteiger partial charge on any atom is 0.161 e. The predicted molar refractivity (Wildman–Crippen MR) is 40.2 cm³/mol. The number of hydrogen-bond donors (Lipinski definition) is 3. The SMILES string of the molecule is CC1C[C@]2(CO)O[C@@H](O)[C@@H]1C2O. The van der Waals surface area contributed by atoms with Crippen molar-refractivity contribution < 1.29 is 20.1 Å². The highest BCUT2D eigenvalue weighted by atomic mass is 16.6. The Kier molecular flexibility index (Phi) is 1.70. The molecule has 2 rings (SSSR count). The largest absolute Gasteiger partial charge is 0.393 e. The molecule has 12 heavy (non-hydrogen) atoms. The number of hydrogen-bond acceptors (Lipinski definition) is 4. The van der Waals surface area contributed by atoms with E-state index in [4.69, 9.17) is 9.84 Å². The molecule has 2 aliphatic rings. The van der Waals surface area contributed by atoms with E-state index in [2.05, 4.69) is 0 Å². The molecule has 1 saturated carbocycles. The molecule has 0 amide bonds. The first kappa shape index (κ1) is 8.44. The molecule has 3 N–H and O–H groups in total. The van der Waals surface area contributed by atoms with Gasteiger partial charge >= 0.3 is 0 Å². The average Bonchev–Trinajstić information content (AvgIpc) is 2.37. The quantitative estimate of drug-likeness (QED) is 0.481. The summed E-state index contributed by atoms with van der Waals surface area (Å²) in [7, 11) is 0. The summed E-state index contributed by atoms with van der Waals surface area (Å²) >= 11 is 0. The van der Waals surface area contributed by atoms with Crippen molar-refractivity contribution in [1.82, 2.24) is 0 Å². The highest BCUT2D eigenvalue weighted by Gasteiger charge is 2.62. The summed E-state index contributed by atoms with van der Waals surface area (Å²) < 4.78 is 5.14. The Balaban J connectivity index is 2.28. The van der Waals surface area contributed by atoms with Crippen molar-refractivity contribution in [1.29, 1.82) is 0 Å². The molecule has 2 fully saturated rings. The maximum absolute atomic E-state index is 9.68. The molecule has 1 saturated heterocycles. The van der Waals surface area contributed by atoms with Gasteiger partial charge in [0.1, 0.15) is 5.60 Å². The van der Waals surface area contributed by atoms with Crippen molar-refractivity contribution in [3.63, 3.8) is 0 Å². The highest BCUT2D eigenvalue weighted by molar-refractivity contribution is 5.07. The topological polar surface area (TPSA) is 69.9 Å². The summed E-state index contributed by atoms with van der Waals surface area (Å²) in [5.74, 6) is -0.00644. The van der Waals surface area contributed by atoms with Crippen LogP contribution in [0.4, 0.5) is 0 Å². The summed E-state index contributed by atoms with van der Waals surface area (Å²) in [4.78, 5) is 0. The molecule has 4 nitrogen and oxygen atoms in total. The minimum Gasteiger partial charge on any atom is -0.393 e. The van der Waals surface area contributed by atoms with Gasteiger partial charge in [0.15, 0.2) is 6.29 Å². The van der Waals surface area contributed by atoms with Gasteiger partial charge in [-0.05, 0) is 12.3 Å². The first-order valence-corrected chi connectivity index (χ1v) is 4.25. The first-order valence-electron chi connectivity index (χ1n) is 4.25. The Hall–Kier alpha value is -0.160. The fourth-order valence-electron chi connectivity index (χ4n) is 2.53. The monoisotopic (exact) mass is 174 g/mol. The molecule has 2 bridgehead atoms. The van der Waals surface area contributed by atoms with E-state index in [1.54, 1.807) is 0 Å². The zero-order chi connectivity index (χ0) is 8.93. The van der Waals surface area contributed by atoms with Gasteiger partial charge in [0.2, 0.25) is 0 Å². The molecule has 70 valence electrons. The molecular weight excluding hydrogens is 160 g/mol. The lowest BCUT2D eigenvalue weighted by Gasteiger charge is -2.29. The standard InChI is InChI=1S/C8H14O4/c1-4-2-8(3-9)6(10)5(4)7(11)12-8/h4-7,9-11H,2-3H2,1H3/t4?,5-,6?,7+,8+/m0/s1. The second-order valence-electron chi connectivity index (χ2n) is 3.93. The van der Waals surface area contributed by atoms with Gasteiger partial charge in [-0.2, -0.15) is 0 Å². The van der Waals surface area contributed by atoms with Gasteiger partial charge in [-0.15, -0.1) is 0 Å². The molecule has 0 radical (unpaired) electrons. The molecule has 0 aromatic carbocycles. The number of aliphatic hydroxyl groups is 3. The van der Waals surface area contributed by atoms with Crippen LogP contribution in [0.15, 0.2) is 0 Å². The molecule has 1 heterocycles. The van der Waals surface area contributed by atoms with Gasteiger partial charge < -0.3 is 20.1 Å². The highest BCUT2D eigenvalue weighted by Crippen LogP contribution is 2.50. The van der Waals surface area contributed by atoms with E-state index >= 15 is 0 Å². The van der Waals surface area contributed by atoms with E-state index in [-0.39, 0.29) is 18.4 Å². The van der Waals surface area contributed by atoms with E-state index in [0.717, 1.165) is 0 Å². The Labute approximate surface area is 70.8 Å². The van der Waals surface area contributed by atoms with E-state index in [0.29, 0.717) is 6.42 Å². The minimum absolute atomic E-state index is 0.216. The van der Waals surface area contributed by atoms with E-state index in [9.17, 15) is 10.2 Å². The van der Waals surface area contributed by atoms with Gasteiger partial charge in [0, 0.05) is 5.92 Å². The van der Waals surface area contributed by atoms with E-state index in [1.807, 2.05) is 6.92 Å². The number of rotatable bonds is 1. The molecule has 4 heteroatoms. The number of fused-ring (bicyclic) bond motifs is 2. The van der Waals surface area contributed by atoms with Crippen LogP contribution in [0.25, 0.3) is 0 Å². The number of aliphatic hydroxyl groups excluding tert-OH is 3. The van der Waals surface area contributed by atoms with Crippen molar-refractivity contribution in [3.8, 4) is 0 Å². The Morgan fingerprint density at radius 3 is 2.50 bits per heavy atom. The van der Waals surface area contributed by atoms with Crippen LogP contribution in [0.3, 0.4) is 0 Å². The summed E-state index contributed by atoms with van der Waals surface area (Å²) in [5.41, 5.74) is -0.885. The van der Waals surface area contributed by atoms with Gasteiger partial charge in [0.25, 0.3) is 0 Å². The van der Waals surface area contributed by atoms with Gasteiger partial charge in [-0.3, -0.25) is 0 Å². The third-order valence-corrected chi connectivity index (χ3v) is 3.18. The van der Waals surface area contributed by atoms with Crippen LogP contribution in [0.2, 0.25) is 0 Å². The summed E-state index contributed by atoms with van der Waals surface area (Å²) in [5, 5.41) is 28.1. The summed E-state index contributed by atoms with van der Waals surface area (Å²) in [6, 6.07) is 0. The second kappa shape index (κ2) is 2.42. The van der Waals surface area contributed by atoms with Gasteiger partial charge in [-0.1, -0.05) is 6.92 Å². The fourth-order valence-corrected chi connectivity index (χ4v) is 2.53. The van der Waals surface area contributed by atoms with Crippen LogP contribution < -0.4 is 0 Å². The lowest BCUT2D eigenvalue weighted by Crippen LogP contribution is -2.41. The molecule has 5 atom stereocenters. The molecule has 1 aliphatic carbocycles. The van der Waals surface area contributed by atoms with Crippen LogP contribution in [-0.2, 0) is 4.74 Å². The van der Waals surface area contributed by atoms with Crippen molar-refractivity contribution in [3.05, 3.63) is 0 Å². The number of ether oxygens (including phenoxy) is 1. The van der Waals surface area contributed by atoms with Crippen molar-refractivity contribution in [2.75, 3.05) is 6.61 Å². The third kappa shape index (κ3) is 0.808. The van der Waals surface area contributed by atoms with Gasteiger partial charge in [0.05, 0.1) is 12.7 Å². The van der Waals surface area contributed by atoms with Crippen LogP contribution >= 0.6 is 0 Å². The Morgan fingerprint density at radius 1 is 1.50 bits per heavy atom. The van der Waals surface area contributed by atoms with Crippen molar-refractivity contribution >= 4 is 0 Å². The van der Waals surface area contributed by atoms with Crippen LogP contribution in [-0.4, -0.2) is 39.9 Å². The van der Waals surface area contributed by atoms with E-state index < -0.39 is 18.0 Å². The molecule has 1 aliphatic heterocycles. The minimum atomic E-state index is -0.907. The molecule has 0 aromatic rings. The van der Waals surface area contributed by atoms with E-state index in [1.165, 1.54) is 0 Å². The van der Waals surface area contributed by atoms with Crippen molar-refractivity contribution in [2.45, 2.75) is 31.3 Å². The third-order valence-electron chi connectivity index (χ3n) is 3.18. The summed E-state index contributed by atoms with van der Waals surface area (Å²) in [6.45, 7) is 1.74. The Morgan fingerprint density at radius 2 is 2.17 bits per heavy atom. The average molecular weight is 174 g/mol. The first-order chi connectivity index (χ1) is 5.60. The van der Waals surface area contributed by atoms with Crippen LogP contribution in [0.5, 0.6) is 0 Å². The van der Waals surface area contributed by atoms with Crippen LogP contribution in [0, 0.1) is 11.8 Å². The maximum atomic E-state index is 9.68. The fraction of sp³-hybridized carbons (Fsp3) is 1.00. The summed E-state index contributed by atoms with van der Waals surface area (Å²) in [6.07, 6.45) is -0.991. The second-order valence-corrected chi connectivity index (χ2v) is 3.93. The molecule has 0 spiro atoms. The molecule has 2 unspecified atom stereocenters. The smallest absolute Gasteiger partial charge is 0.161 e. The zero-order valence-electron chi connectivity index (χ0n) is 6.97. The van der Waals surface area contributed by atoms with Crippen molar-refractivity contribution in [2.24, 2.45) is 11.8 Å². The van der Waals surface area contributed by atoms with Crippen LogP contribution in [0.1, 0.15) is 13.3 Å². The predicted octanol–water partition coefficient (Wildman–Crippen LogP) is -0.917. The zero-order valence-corrected chi connectivity index (χ0v) is 6.97. The molecular formula is C8H14O4. The van der Waals surface area contributed by atoms with Gasteiger partial charge in [-0.25, -0.2) is 0 Å². The lowest BCUT2D eigenvalue weighted by atomic mass is 9.96. The lowest BCUT2D eigenvalue weighted by molar-refractivity contribution is -0.196. The Bertz CT molecular complexity index is 181. The molecule has 0 aromatic heterocycles. The normalized spacial score (nSPS) is 58.0.